The van der Waals surface area contributed by atoms with Gasteiger partial charge in [-0.25, -0.2) is 0 Å². The fraction of sp³-hybridized carbons (Fsp3) is 0.308. The summed E-state index contributed by atoms with van der Waals surface area (Å²) in [7, 11) is 0. The number of nitrogens with zero attached hydrogens (tertiary/aromatic N) is 3. The molecule has 0 atom stereocenters. The third-order valence-corrected chi connectivity index (χ3v) is 6.53. The van der Waals surface area contributed by atoms with Crippen molar-refractivity contribution in [2.24, 2.45) is 0 Å². The van der Waals surface area contributed by atoms with E-state index < -0.39 is 0 Å². The lowest BCUT2D eigenvalue weighted by atomic mass is 9.96. The van der Waals surface area contributed by atoms with Crippen LogP contribution < -0.4 is 10.5 Å². The molecule has 5 rings (SSSR count). The van der Waals surface area contributed by atoms with Crippen LogP contribution in [0.25, 0.3) is 11.1 Å². The van der Waals surface area contributed by atoms with Crippen molar-refractivity contribution in [1.82, 2.24) is 9.47 Å². The Morgan fingerprint density at radius 1 is 0.871 bits per heavy atom. The SMILES string of the molecule is Cc1ccccc1N1CCN(C(=O)c2c(-c3ccccc3)cc(=O)n3c2CCC3)CC1. The van der Waals surface area contributed by atoms with Gasteiger partial charge in [-0.05, 0) is 37.0 Å². The van der Waals surface area contributed by atoms with E-state index in [0.29, 0.717) is 25.2 Å². The Bertz CT molecular complexity index is 1180. The Morgan fingerprint density at radius 2 is 1.58 bits per heavy atom. The molecule has 0 bridgehead atoms. The summed E-state index contributed by atoms with van der Waals surface area (Å²) >= 11 is 0. The molecule has 0 aliphatic carbocycles. The summed E-state index contributed by atoms with van der Waals surface area (Å²) in [5.74, 6) is 0.0499. The van der Waals surface area contributed by atoms with Crippen LogP contribution in [0.5, 0.6) is 0 Å². The molecule has 31 heavy (non-hydrogen) atoms. The van der Waals surface area contributed by atoms with E-state index in [9.17, 15) is 9.59 Å². The Morgan fingerprint density at radius 3 is 2.32 bits per heavy atom. The van der Waals surface area contributed by atoms with E-state index in [1.165, 1.54) is 11.3 Å². The lowest BCUT2D eigenvalue weighted by Crippen LogP contribution is -2.49. The molecule has 0 spiro atoms. The minimum Gasteiger partial charge on any atom is -0.368 e. The first kappa shape index (κ1) is 19.6. The minimum atomic E-state index is -0.00715. The number of hydrogen-bond acceptors (Lipinski definition) is 3. The van der Waals surface area contributed by atoms with E-state index in [4.69, 9.17) is 0 Å². The normalized spacial score (nSPS) is 15.8. The van der Waals surface area contributed by atoms with Gasteiger partial charge in [0.25, 0.3) is 11.5 Å². The molecule has 0 radical (unpaired) electrons. The molecule has 1 saturated heterocycles. The predicted octanol–water partition coefficient (Wildman–Crippen LogP) is 3.73. The number of rotatable bonds is 3. The van der Waals surface area contributed by atoms with Crippen molar-refractivity contribution in [3.8, 4) is 11.1 Å². The van der Waals surface area contributed by atoms with Crippen LogP contribution in [0.2, 0.25) is 0 Å². The van der Waals surface area contributed by atoms with Crippen LogP contribution in [0, 0.1) is 6.92 Å². The summed E-state index contributed by atoms with van der Waals surface area (Å²) in [6.07, 6.45) is 1.69. The molecule has 5 nitrogen and oxygen atoms in total. The summed E-state index contributed by atoms with van der Waals surface area (Å²) in [6, 6.07) is 19.9. The molecular weight excluding hydrogens is 386 g/mol. The van der Waals surface area contributed by atoms with Gasteiger partial charge in [0.05, 0.1) is 5.56 Å². The van der Waals surface area contributed by atoms with E-state index in [-0.39, 0.29) is 11.5 Å². The number of anilines is 1. The molecule has 158 valence electrons. The molecule has 2 aliphatic heterocycles. The molecule has 0 saturated carbocycles. The van der Waals surface area contributed by atoms with Gasteiger partial charge in [0.15, 0.2) is 0 Å². The number of aromatic nitrogens is 1. The number of aryl methyl sites for hydroxylation is 1. The number of carbonyl (C=O) groups is 1. The third-order valence-electron chi connectivity index (χ3n) is 6.53. The summed E-state index contributed by atoms with van der Waals surface area (Å²) in [5.41, 5.74) is 5.81. The van der Waals surface area contributed by atoms with Crippen molar-refractivity contribution < 1.29 is 4.79 Å². The van der Waals surface area contributed by atoms with Gasteiger partial charge in [-0.1, -0.05) is 48.5 Å². The van der Waals surface area contributed by atoms with Gasteiger partial charge in [-0.2, -0.15) is 0 Å². The zero-order valence-corrected chi connectivity index (χ0v) is 17.9. The molecule has 2 aliphatic rings. The van der Waals surface area contributed by atoms with Crippen molar-refractivity contribution in [3.05, 3.63) is 87.8 Å². The predicted molar refractivity (Wildman–Crippen MR) is 124 cm³/mol. The number of hydrogen-bond donors (Lipinski definition) is 0. The number of para-hydroxylation sites is 1. The lowest BCUT2D eigenvalue weighted by Gasteiger charge is -2.37. The van der Waals surface area contributed by atoms with E-state index >= 15 is 0 Å². The number of piperazine rings is 1. The smallest absolute Gasteiger partial charge is 0.256 e. The van der Waals surface area contributed by atoms with Crippen molar-refractivity contribution in [2.75, 3.05) is 31.1 Å². The van der Waals surface area contributed by atoms with Crippen molar-refractivity contribution >= 4 is 11.6 Å². The fourth-order valence-electron chi connectivity index (χ4n) is 4.92. The highest BCUT2D eigenvalue weighted by molar-refractivity contribution is 6.02. The second-order valence-electron chi connectivity index (χ2n) is 8.40. The Hall–Kier alpha value is -3.34. The first-order valence-corrected chi connectivity index (χ1v) is 11.1. The minimum absolute atomic E-state index is 0.00715. The Labute approximate surface area is 182 Å². The molecule has 3 aromatic rings. The van der Waals surface area contributed by atoms with Crippen molar-refractivity contribution in [3.63, 3.8) is 0 Å². The standard InChI is InChI=1S/C26H27N3O2/c1-19-8-5-6-11-22(19)27-14-16-28(17-15-27)26(31)25-21(20-9-3-2-4-10-20)18-24(30)29-13-7-12-23(25)29/h2-6,8-11,18H,7,12-17H2,1H3. The maximum atomic E-state index is 13.8. The average Bonchev–Trinajstić information content (AvgIpc) is 3.30. The zero-order valence-electron chi connectivity index (χ0n) is 17.9. The van der Waals surface area contributed by atoms with Crippen LogP contribution in [0.4, 0.5) is 5.69 Å². The first-order chi connectivity index (χ1) is 15.1. The van der Waals surface area contributed by atoms with Gasteiger partial charge in [0.1, 0.15) is 0 Å². The van der Waals surface area contributed by atoms with Gasteiger partial charge in [-0.3, -0.25) is 9.59 Å². The molecule has 2 aromatic carbocycles. The van der Waals surface area contributed by atoms with Crippen LogP contribution >= 0.6 is 0 Å². The second-order valence-corrected chi connectivity index (χ2v) is 8.40. The first-order valence-electron chi connectivity index (χ1n) is 11.1. The van der Waals surface area contributed by atoms with E-state index in [1.807, 2.05) is 35.2 Å². The zero-order chi connectivity index (χ0) is 21.4. The lowest BCUT2D eigenvalue weighted by molar-refractivity contribution is 0.0745. The maximum Gasteiger partial charge on any atom is 0.256 e. The fourth-order valence-corrected chi connectivity index (χ4v) is 4.92. The summed E-state index contributed by atoms with van der Waals surface area (Å²) in [6.45, 7) is 5.81. The monoisotopic (exact) mass is 413 g/mol. The largest absolute Gasteiger partial charge is 0.368 e. The average molecular weight is 414 g/mol. The van der Waals surface area contributed by atoms with Gasteiger partial charge in [0.2, 0.25) is 0 Å². The highest BCUT2D eigenvalue weighted by atomic mass is 16.2. The molecule has 1 fully saturated rings. The molecular formula is C26H27N3O2. The van der Waals surface area contributed by atoms with Crippen LogP contribution in [0.3, 0.4) is 0 Å². The molecule has 5 heteroatoms. The van der Waals surface area contributed by atoms with Crippen LogP contribution in [0.1, 0.15) is 28.0 Å². The van der Waals surface area contributed by atoms with Gasteiger partial charge < -0.3 is 14.4 Å². The van der Waals surface area contributed by atoms with E-state index in [2.05, 4.69) is 36.1 Å². The molecule has 1 aromatic heterocycles. The number of amides is 1. The van der Waals surface area contributed by atoms with E-state index in [0.717, 1.165) is 42.8 Å². The highest BCUT2D eigenvalue weighted by Crippen LogP contribution is 2.30. The number of fused-ring (bicyclic) bond motifs is 1. The van der Waals surface area contributed by atoms with Crippen molar-refractivity contribution in [1.29, 1.82) is 0 Å². The number of carbonyl (C=O) groups excluding carboxylic acids is 1. The van der Waals surface area contributed by atoms with Gasteiger partial charge >= 0.3 is 0 Å². The number of benzene rings is 2. The summed E-state index contributed by atoms with van der Waals surface area (Å²) < 4.78 is 1.79. The van der Waals surface area contributed by atoms with Crippen LogP contribution in [0.15, 0.2) is 65.5 Å². The molecule has 0 N–H and O–H groups in total. The van der Waals surface area contributed by atoms with Gasteiger partial charge in [-0.15, -0.1) is 0 Å². The topological polar surface area (TPSA) is 45.6 Å². The quantitative estimate of drug-likeness (QED) is 0.657. The van der Waals surface area contributed by atoms with Gasteiger partial charge in [0, 0.05) is 55.7 Å². The van der Waals surface area contributed by atoms with Crippen LogP contribution in [-0.4, -0.2) is 41.6 Å². The summed E-state index contributed by atoms with van der Waals surface area (Å²) in [5, 5.41) is 0. The number of pyridine rings is 1. The maximum absolute atomic E-state index is 13.8. The molecule has 3 heterocycles. The Kier molecular flexibility index (Phi) is 5.10. The Balaban J connectivity index is 1.47. The van der Waals surface area contributed by atoms with Crippen molar-refractivity contribution in [2.45, 2.75) is 26.3 Å². The van der Waals surface area contributed by atoms with Crippen LogP contribution in [-0.2, 0) is 13.0 Å². The van der Waals surface area contributed by atoms with E-state index in [1.54, 1.807) is 10.6 Å². The molecule has 0 unspecified atom stereocenters. The highest BCUT2D eigenvalue weighted by Gasteiger charge is 2.30. The third kappa shape index (κ3) is 3.54. The molecule has 1 amide bonds. The second kappa shape index (κ2) is 8.06. The summed E-state index contributed by atoms with van der Waals surface area (Å²) in [4.78, 5) is 30.8.